The van der Waals surface area contributed by atoms with E-state index in [2.05, 4.69) is 94.7 Å². The van der Waals surface area contributed by atoms with Crippen molar-refractivity contribution in [1.29, 1.82) is 0 Å². The molecule has 6 nitrogen and oxygen atoms in total. The monoisotopic (exact) mass is 622 g/mol. The fourth-order valence-corrected chi connectivity index (χ4v) is 12.8. The zero-order valence-electron chi connectivity index (χ0n) is 29.2. The average molecular weight is 623 g/mol. The molecule has 6 heteroatoms. The summed E-state index contributed by atoms with van der Waals surface area (Å²) in [6, 6.07) is 8.56. The third-order valence-electron chi connectivity index (χ3n) is 15.4. The second-order valence-electron chi connectivity index (χ2n) is 18.3. The largest absolute Gasteiger partial charge is 0.481 e. The van der Waals surface area contributed by atoms with Gasteiger partial charge in [-0.1, -0.05) is 83.5 Å². The molecule has 3 saturated carbocycles. The van der Waals surface area contributed by atoms with Gasteiger partial charge in [0.1, 0.15) is 0 Å². The lowest BCUT2D eigenvalue weighted by Gasteiger charge is -2.70. The molecule has 2 heterocycles. The zero-order valence-corrected chi connectivity index (χ0v) is 29.2. The van der Waals surface area contributed by atoms with Crippen LogP contribution in [-0.4, -0.2) is 31.1 Å². The Balaban J connectivity index is 1.14. The molecule has 5 aliphatic rings. The van der Waals surface area contributed by atoms with Gasteiger partial charge in [0.25, 0.3) is 0 Å². The Morgan fingerprint density at radius 1 is 1.00 bits per heavy atom. The lowest BCUT2D eigenvalue weighted by atomic mass is 9.34. The van der Waals surface area contributed by atoms with Gasteiger partial charge in [-0.25, -0.2) is 4.68 Å². The number of hydrogen-bond acceptors (Lipinski definition) is 3. The van der Waals surface area contributed by atoms with Gasteiger partial charge in [0.05, 0.1) is 16.8 Å². The van der Waals surface area contributed by atoms with Gasteiger partial charge >= 0.3 is 5.97 Å². The maximum atomic E-state index is 13.0. The summed E-state index contributed by atoms with van der Waals surface area (Å²) in [5.41, 5.74) is 6.44. The van der Waals surface area contributed by atoms with Gasteiger partial charge in [-0.05, 0) is 115 Å². The summed E-state index contributed by atoms with van der Waals surface area (Å²) in [6.45, 7) is 18.2. The first-order chi connectivity index (χ1) is 21.7. The molecule has 0 radical (unpaired) electrons. The van der Waals surface area contributed by atoms with Crippen LogP contribution in [0, 0.1) is 44.8 Å². The van der Waals surface area contributed by atoms with E-state index >= 15 is 0 Å². The zero-order chi connectivity index (χ0) is 32.5. The predicted octanol–water partition coefficient (Wildman–Crippen LogP) is 8.90. The summed E-state index contributed by atoms with van der Waals surface area (Å²) >= 11 is 0. The number of carbonyl (C=O) groups is 1. The highest BCUT2D eigenvalue weighted by Crippen LogP contribution is 2.75. The predicted molar refractivity (Wildman–Crippen MR) is 182 cm³/mol. The lowest BCUT2D eigenvalue weighted by Crippen LogP contribution is -2.65. The smallest absolute Gasteiger partial charge is 0.310 e. The van der Waals surface area contributed by atoms with Crippen LogP contribution in [0.15, 0.2) is 42.1 Å². The number of nitrogens with zero attached hydrogens (tertiary/aromatic N) is 3. The van der Waals surface area contributed by atoms with Crippen LogP contribution in [0.5, 0.6) is 0 Å². The molecule has 3 aromatic rings. The number of H-pyrrole nitrogens is 1. The number of nitrogens with one attached hydrogen (secondary N) is 1. The highest BCUT2D eigenvalue weighted by molar-refractivity contribution is 5.83. The molecule has 2 aromatic heterocycles. The first-order valence-electron chi connectivity index (χ1n) is 18.1. The number of aromatic amines is 1. The molecule has 0 saturated heterocycles. The average Bonchev–Trinajstić information content (AvgIpc) is 3.60. The molecule has 3 fully saturated rings. The summed E-state index contributed by atoms with van der Waals surface area (Å²) in [4.78, 5) is 16.5. The minimum Gasteiger partial charge on any atom is -0.481 e. The number of carboxylic acid groups (broad SMARTS) is 1. The van der Waals surface area contributed by atoms with Gasteiger partial charge in [-0.3, -0.25) is 4.79 Å². The topological polar surface area (TPSA) is 83.8 Å². The molecule has 0 amide bonds. The van der Waals surface area contributed by atoms with Crippen molar-refractivity contribution in [2.75, 3.05) is 0 Å². The quantitative estimate of drug-likeness (QED) is 0.285. The summed E-state index contributed by atoms with van der Waals surface area (Å²) in [5.74, 6) is 0.686. The third kappa shape index (κ3) is 3.85. The van der Waals surface area contributed by atoms with Crippen LogP contribution in [0.25, 0.3) is 10.9 Å². The van der Waals surface area contributed by atoms with E-state index in [9.17, 15) is 9.90 Å². The van der Waals surface area contributed by atoms with Crippen molar-refractivity contribution in [2.45, 2.75) is 125 Å². The Kier molecular flexibility index (Phi) is 6.35. The first-order valence-corrected chi connectivity index (χ1v) is 18.1. The Bertz CT molecular complexity index is 1760. The van der Waals surface area contributed by atoms with E-state index in [4.69, 9.17) is 10.3 Å². The fraction of sp³-hybridized carbons (Fsp3) is 0.675. The van der Waals surface area contributed by atoms with Crippen LogP contribution >= 0.6 is 0 Å². The Labute approximate surface area is 274 Å². The van der Waals surface area contributed by atoms with E-state index in [1.807, 2.05) is 0 Å². The van der Waals surface area contributed by atoms with Gasteiger partial charge in [-0.2, -0.15) is 0 Å². The summed E-state index contributed by atoms with van der Waals surface area (Å²) in [7, 11) is 0. The summed E-state index contributed by atoms with van der Waals surface area (Å²) < 4.78 is 2.24. The maximum Gasteiger partial charge on any atom is 0.310 e. The van der Waals surface area contributed by atoms with E-state index in [0.717, 1.165) is 57.9 Å². The molecule has 1 aromatic carbocycles. The summed E-state index contributed by atoms with van der Waals surface area (Å²) in [5, 5.41) is 21.8. The van der Waals surface area contributed by atoms with Crippen molar-refractivity contribution in [3.8, 4) is 0 Å². The van der Waals surface area contributed by atoms with Crippen LogP contribution in [0.4, 0.5) is 0 Å². The number of benzene rings is 1. The van der Waals surface area contributed by atoms with E-state index in [-0.39, 0.29) is 33.0 Å². The van der Waals surface area contributed by atoms with E-state index in [1.165, 1.54) is 46.3 Å². The van der Waals surface area contributed by atoms with Crippen molar-refractivity contribution >= 4 is 16.9 Å². The van der Waals surface area contributed by atoms with Crippen LogP contribution in [0.3, 0.4) is 0 Å². The van der Waals surface area contributed by atoms with Gasteiger partial charge in [-0.15, -0.1) is 5.10 Å². The number of carboxylic acids is 1. The highest BCUT2D eigenvalue weighted by atomic mass is 16.4. The molecule has 5 aliphatic carbocycles. The number of aliphatic carboxylic acids is 1. The molecule has 7 atom stereocenters. The normalized spacial score (nSPS) is 38.9. The van der Waals surface area contributed by atoms with E-state index in [1.54, 1.807) is 0 Å². The van der Waals surface area contributed by atoms with Crippen molar-refractivity contribution in [3.63, 3.8) is 0 Å². The van der Waals surface area contributed by atoms with Crippen LogP contribution in [0.2, 0.25) is 0 Å². The number of aryl methyl sites for hydroxylation is 2. The minimum absolute atomic E-state index is 0.0301. The van der Waals surface area contributed by atoms with Crippen molar-refractivity contribution < 1.29 is 9.90 Å². The molecule has 0 unspecified atom stereocenters. The Hall–Kier alpha value is -2.89. The number of para-hydroxylation sites is 1. The Morgan fingerprint density at radius 3 is 2.54 bits per heavy atom. The third-order valence-corrected chi connectivity index (χ3v) is 15.4. The van der Waals surface area contributed by atoms with Crippen molar-refractivity contribution in [3.05, 3.63) is 59.1 Å². The molecule has 0 spiro atoms. The first kappa shape index (κ1) is 30.4. The van der Waals surface area contributed by atoms with Gasteiger partial charge < -0.3 is 10.1 Å². The molecule has 246 valence electrons. The second kappa shape index (κ2) is 9.60. The van der Waals surface area contributed by atoms with Crippen molar-refractivity contribution in [1.82, 2.24) is 20.0 Å². The van der Waals surface area contributed by atoms with E-state index in [0.29, 0.717) is 11.8 Å². The molecule has 46 heavy (non-hydrogen) atoms. The molecule has 2 N–H and O–H groups in total. The molecule has 0 aliphatic heterocycles. The summed E-state index contributed by atoms with van der Waals surface area (Å²) in [6.07, 6.45) is 14.8. The number of allylic oxidation sites excluding steroid dienone is 2. The SMILES string of the molecule is CC1(C)CC[C@]2(C(=O)O)CC[C@]3(C)C(=CC[C@@H]4[C@@]5(C)Cc6nnn(CCc7c[nH]c8ccccc78)c6C(C)(C)[C@@H]5CC[C@]43C)[C@@H]2C1. The van der Waals surface area contributed by atoms with Gasteiger partial charge in [0, 0.05) is 29.1 Å². The fourth-order valence-electron chi connectivity index (χ4n) is 12.8. The van der Waals surface area contributed by atoms with E-state index < -0.39 is 11.4 Å². The molecule has 0 bridgehead atoms. The van der Waals surface area contributed by atoms with Crippen LogP contribution in [-0.2, 0) is 29.6 Å². The molecular weight excluding hydrogens is 568 g/mol. The number of aromatic nitrogens is 4. The molecule has 8 rings (SSSR count). The van der Waals surface area contributed by atoms with Crippen LogP contribution < -0.4 is 0 Å². The Morgan fingerprint density at radius 2 is 1.76 bits per heavy atom. The highest BCUT2D eigenvalue weighted by Gasteiger charge is 2.69. The maximum absolute atomic E-state index is 13.0. The second-order valence-corrected chi connectivity index (χ2v) is 18.3. The number of hydrogen-bond donors (Lipinski definition) is 2. The van der Waals surface area contributed by atoms with Gasteiger partial charge in [0.2, 0.25) is 0 Å². The molecular formula is C40H54N4O2. The van der Waals surface area contributed by atoms with Crippen molar-refractivity contribution in [2.24, 2.45) is 44.8 Å². The number of fused-ring (bicyclic) bond motifs is 9. The minimum atomic E-state index is -0.585. The van der Waals surface area contributed by atoms with Crippen LogP contribution in [0.1, 0.15) is 117 Å². The number of rotatable bonds is 4. The standard InChI is InChI=1S/C40H54N4O2/c1-35(2)17-19-40(34(45)46)20-18-38(6)27(28(40)22-35)12-13-32-37(5)23-30-33(36(3,4)31(37)14-16-39(32,38)7)44(43-42-30)21-15-25-24-41-29-11-9-8-10-26(25)29/h8-12,24,28,31-32,41H,13-23H2,1-7H3,(H,45,46)/t28-,31-,32+,37-,38+,39+,40-/m0/s1. The van der Waals surface area contributed by atoms with Gasteiger partial charge in [0.15, 0.2) is 0 Å². The lowest BCUT2D eigenvalue weighted by molar-refractivity contribution is -0.177.